The second-order valence-corrected chi connectivity index (χ2v) is 6.60. The molecule has 6 heteroatoms. The Morgan fingerprint density at radius 3 is 2.65 bits per heavy atom. The van der Waals surface area contributed by atoms with Gasteiger partial charge >= 0.3 is 0 Å². The number of ether oxygens (including phenoxy) is 1. The van der Waals surface area contributed by atoms with Crippen molar-refractivity contribution in [2.24, 2.45) is 0 Å². The number of anilines is 1. The van der Waals surface area contributed by atoms with Crippen LogP contribution in [-0.4, -0.2) is 23.7 Å². The average Bonchev–Trinajstić information content (AvgIpc) is 3.10. The zero-order valence-electron chi connectivity index (χ0n) is 15.3. The quantitative estimate of drug-likeness (QED) is 0.663. The average molecular weight is 355 g/mol. The Bertz CT molecular complexity index is 790. The van der Waals surface area contributed by atoms with E-state index in [1.54, 1.807) is 0 Å². The van der Waals surface area contributed by atoms with Gasteiger partial charge in [0.2, 0.25) is 5.91 Å². The summed E-state index contributed by atoms with van der Waals surface area (Å²) in [6.45, 7) is 6.41. The monoisotopic (exact) mass is 355 g/mol. The number of aromatic hydroxyl groups is 1. The van der Waals surface area contributed by atoms with Gasteiger partial charge in [-0.25, -0.2) is 10.9 Å². The van der Waals surface area contributed by atoms with E-state index in [9.17, 15) is 9.90 Å². The molecule has 0 aliphatic carbocycles. The van der Waals surface area contributed by atoms with Crippen LogP contribution < -0.4 is 20.9 Å². The van der Waals surface area contributed by atoms with Crippen LogP contribution in [0.15, 0.2) is 36.4 Å². The van der Waals surface area contributed by atoms with Crippen LogP contribution in [0, 0.1) is 13.8 Å². The zero-order chi connectivity index (χ0) is 18.7. The summed E-state index contributed by atoms with van der Waals surface area (Å²) in [5.74, 6) is 0.937. The molecule has 1 fully saturated rings. The third kappa shape index (κ3) is 3.98. The number of rotatable bonds is 5. The summed E-state index contributed by atoms with van der Waals surface area (Å²) in [4.78, 5) is 12.5. The molecule has 1 aliphatic heterocycles. The first-order chi connectivity index (χ1) is 12.5. The molecule has 1 amide bonds. The summed E-state index contributed by atoms with van der Waals surface area (Å²) in [6.07, 6.45) is 0.555. The Balaban J connectivity index is 1.64. The molecule has 6 nitrogen and oxygen atoms in total. The van der Waals surface area contributed by atoms with Gasteiger partial charge in [-0.2, -0.15) is 0 Å². The molecular formula is C20H25N3O3. The number of hydrazine groups is 1. The molecule has 2 atom stereocenters. The van der Waals surface area contributed by atoms with Gasteiger partial charge < -0.3 is 15.2 Å². The molecule has 1 aliphatic rings. The van der Waals surface area contributed by atoms with Crippen LogP contribution in [0.1, 0.15) is 36.1 Å². The lowest BCUT2D eigenvalue weighted by Crippen LogP contribution is -2.39. The van der Waals surface area contributed by atoms with Gasteiger partial charge in [-0.05, 0) is 57.0 Å². The molecule has 0 aromatic heterocycles. The van der Waals surface area contributed by atoms with Crippen LogP contribution in [0.3, 0.4) is 0 Å². The van der Waals surface area contributed by atoms with E-state index in [2.05, 4.69) is 16.2 Å². The molecule has 1 heterocycles. The fourth-order valence-corrected chi connectivity index (χ4v) is 3.22. The molecule has 2 aromatic carbocycles. The van der Waals surface area contributed by atoms with Crippen molar-refractivity contribution in [3.8, 4) is 11.5 Å². The number of carbonyl (C=O) groups excluding carboxylic acids is 1. The topological polar surface area (TPSA) is 82.6 Å². The molecule has 2 unspecified atom stereocenters. The first-order valence-electron chi connectivity index (χ1n) is 8.82. The molecular weight excluding hydrogens is 330 g/mol. The maximum absolute atomic E-state index is 12.5. The van der Waals surface area contributed by atoms with Crippen molar-refractivity contribution in [1.82, 2.24) is 10.9 Å². The highest BCUT2D eigenvalue weighted by molar-refractivity contribution is 5.95. The number of hydrogen-bond donors (Lipinski definition) is 4. The van der Waals surface area contributed by atoms with Crippen molar-refractivity contribution in [2.45, 2.75) is 39.3 Å². The maximum atomic E-state index is 12.5. The van der Waals surface area contributed by atoms with E-state index in [0.29, 0.717) is 13.0 Å². The molecule has 2 aromatic rings. The molecule has 3 rings (SSSR count). The predicted octanol–water partition coefficient (Wildman–Crippen LogP) is 2.95. The normalized spacial score (nSPS) is 19.3. The Morgan fingerprint density at radius 1 is 1.23 bits per heavy atom. The number of amides is 1. The van der Waals surface area contributed by atoms with Crippen molar-refractivity contribution in [2.75, 3.05) is 11.9 Å². The van der Waals surface area contributed by atoms with Crippen molar-refractivity contribution in [1.29, 1.82) is 0 Å². The molecule has 138 valence electrons. The van der Waals surface area contributed by atoms with Crippen molar-refractivity contribution >= 4 is 11.6 Å². The van der Waals surface area contributed by atoms with E-state index in [1.807, 2.05) is 57.2 Å². The third-order valence-electron chi connectivity index (χ3n) is 4.50. The molecule has 0 saturated carbocycles. The standard InChI is InChI=1S/C20H25N3O3/c1-4-26-15-7-5-14(6-8-15)21-20(25)18-11-17(22-23-18)16-10-12(2)9-13(3)19(16)24/h5-10,17-18,22-24H,4,11H2,1-3H3,(H,21,25). The van der Waals surface area contributed by atoms with Gasteiger partial charge in [-0.3, -0.25) is 4.79 Å². The van der Waals surface area contributed by atoms with E-state index in [0.717, 1.165) is 28.1 Å². The SMILES string of the molecule is CCOc1ccc(NC(=O)C2CC(c3cc(C)cc(C)c3O)NN2)cc1. The van der Waals surface area contributed by atoms with Crippen LogP contribution in [0.2, 0.25) is 0 Å². The van der Waals surface area contributed by atoms with E-state index in [4.69, 9.17) is 4.74 Å². The number of aryl methyl sites for hydroxylation is 2. The minimum atomic E-state index is -0.383. The first-order valence-corrected chi connectivity index (χ1v) is 8.82. The van der Waals surface area contributed by atoms with Crippen molar-refractivity contribution in [3.05, 3.63) is 53.1 Å². The van der Waals surface area contributed by atoms with Gasteiger partial charge in [0, 0.05) is 11.3 Å². The van der Waals surface area contributed by atoms with E-state index in [1.165, 1.54) is 0 Å². The second-order valence-electron chi connectivity index (χ2n) is 6.60. The Kier molecular flexibility index (Phi) is 5.44. The predicted molar refractivity (Wildman–Crippen MR) is 101 cm³/mol. The molecule has 0 spiro atoms. The lowest BCUT2D eigenvalue weighted by Gasteiger charge is -2.15. The number of phenols is 1. The molecule has 4 N–H and O–H groups in total. The number of phenolic OH excluding ortho intramolecular Hbond substituents is 1. The van der Waals surface area contributed by atoms with Gasteiger partial charge in [0.15, 0.2) is 0 Å². The largest absolute Gasteiger partial charge is 0.507 e. The number of hydrogen-bond acceptors (Lipinski definition) is 5. The fraction of sp³-hybridized carbons (Fsp3) is 0.350. The summed E-state index contributed by atoms with van der Waals surface area (Å²) in [7, 11) is 0. The molecule has 1 saturated heterocycles. The highest BCUT2D eigenvalue weighted by Crippen LogP contribution is 2.33. The van der Waals surface area contributed by atoms with Crippen LogP contribution in [0.4, 0.5) is 5.69 Å². The molecule has 0 radical (unpaired) electrons. The summed E-state index contributed by atoms with van der Waals surface area (Å²) in [6, 6.07) is 10.7. The van der Waals surface area contributed by atoms with Crippen molar-refractivity contribution in [3.63, 3.8) is 0 Å². The van der Waals surface area contributed by atoms with E-state index >= 15 is 0 Å². The smallest absolute Gasteiger partial charge is 0.242 e. The number of benzene rings is 2. The number of carbonyl (C=O) groups is 1. The highest BCUT2D eigenvalue weighted by Gasteiger charge is 2.31. The minimum Gasteiger partial charge on any atom is -0.507 e. The minimum absolute atomic E-state index is 0.118. The van der Waals surface area contributed by atoms with E-state index in [-0.39, 0.29) is 23.7 Å². The lowest BCUT2D eigenvalue weighted by molar-refractivity contribution is -0.117. The Morgan fingerprint density at radius 2 is 1.96 bits per heavy atom. The summed E-state index contributed by atoms with van der Waals surface area (Å²) < 4.78 is 5.40. The van der Waals surface area contributed by atoms with Gasteiger partial charge in [0.1, 0.15) is 17.5 Å². The molecule has 0 bridgehead atoms. The van der Waals surface area contributed by atoms with Gasteiger partial charge in [0.05, 0.1) is 12.6 Å². The van der Waals surface area contributed by atoms with Gasteiger partial charge in [-0.1, -0.05) is 17.7 Å². The first kappa shape index (κ1) is 18.2. The second kappa shape index (κ2) is 7.76. The van der Waals surface area contributed by atoms with Crippen molar-refractivity contribution < 1.29 is 14.6 Å². The van der Waals surface area contributed by atoms with Crippen LogP contribution in [0.5, 0.6) is 11.5 Å². The molecule has 26 heavy (non-hydrogen) atoms. The zero-order valence-corrected chi connectivity index (χ0v) is 15.3. The maximum Gasteiger partial charge on any atom is 0.242 e. The van der Waals surface area contributed by atoms with Crippen LogP contribution in [0.25, 0.3) is 0 Å². The fourth-order valence-electron chi connectivity index (χ4n) is 3.22. The van der Waals surface area contributed by atoms with Gasteiger partial charge in [-0.15, -0.1) is 0 Å². The van der Waals surface area contributed by atoms with E-state index < -0.39 is 0 Å². The highest BCUT2D eigenvalue weighted by atomic mass is 16.5. The third-order valence-corrected chi connectivity index (χ3v) is 4.50. The Hall–Kier alpha value is -2.57. The summed E-state index contributed by atoms with van der Waals surface area (Å²) >= 11 is 0. The van der Waals surface area contributed by atoms with Crippen LogP contribution >= 0.6 is 0 Å². The summed E-state index contributed by atoms with van der Waals surface area (Å²) in [5.41, 5.74) is 9.60. The van der Waals surface area contributed by atoms with Gasteiger partial charge in [0.25, 0.3) is 0 Å². The number of nitrogens with one attached hydrogen (secondary N) is 3. The van der Waals surface area contributed by atoms with Crippen LogP contribution in [-0.2, 0) is 4.79 Å². The Labute approximate surface area is 153 Å². The lowest BCUT2D eigenvalue weighted by atomic mass is 9.96. The summed E-state index contributed by atoms with van der Waals surface area (Å²) in [5, 5.41) is 13.2.